The molecule has 0 aromatic heterocycles. The van der Waals surface area contributed by atoms with E-state index >= 15 is 0 Å². The zero-order valence-corrected chi connectivity index (χ0v) is 9.65. The van der Waals surface area contributed by atoms with Gasteiger partial charge in [0.2, 0.25) is 0 Å². The smallest absolute Gasteiger partial charge is 0.418 e. The lowest BCUT2D eigenvalue weighted by Gasteiger charge is -2.15. The molecule has 16 heavy (non-hydrogen) atoms. The number of benzene rings is 1. The highest BCUT2D eigenvalue weighted by molar-refractivity contribution is 9.10. The van der Waals surface area contributed by atoms with E-state index in [4.69, 9.17) is 5.73 Å². The summed E-state index contributed by atoms with van der Waals surface area (Å²) in [5.41, 5.74) is 3.26. The third kappa shape index (κ3) is 2.29. The lowest BCUT2D eigenvalue weighted by Crippen LogP contribution is -2.17. The highest BCUT2D eigenvalue weighted by Crippen LogP contribution is 2.39. The predicted octanol–water partition coefficient (Wildman–Crippen LogP) is 2.84. The lowest BCUT2D eigenvalue weighted by atomic mass is 10.1. The Kier molecular flexibility index (Phi) is 3.47. The van der Waals surface area contributed by atoms with Crippen molar-refractivity contribution in [3.05, 3.63) is 27.7 Å². The summed E-state index contributed by atoms with van der Waals surface area (Å²) in [6.45, 7) is 0. The zero-order valence-electron chi connectivity index (χ0n) is 8.06. The summed E-state index contributed by atoms with van der Waals surface area (Å²) in [6, 6.07) is 2.33. The van der Waals surface area contributed by atoms with Crippen LogP contribution in [0.25, 0.3) is 0 Å². The Labute approximate surface area is 97.5 Å². The molecule has 0 aliphatic rings. The molecule has 0 heterocycles. The average Bonchev–Trinajstić information content (AvgIpc) is 2.18. The van der Waals surface area contributed by atoms with Crippen LogP contribution >= 0.6 is 15.9 Å². The van der Waals surface area contributed by atoms with Crippen LogP contribution in [0.4, 0.5) is 18.9 Å². The third-order valence-electron chi connectivity index (χ3n) is 1.86. The summed E-state index contributed by atoms with van der Waals surface area (Å²) in [6.07, 6.45) is -4.68. The first-order valence-electron chi connectivity index (χ1n) is 4.02. The van der Waals surface area contributed by atoms with Crippen molar-refractivity contribution in [2.24, 2.45) is 0 Å². The summed E-state index contributed by atoms with van der Waals surface area (Å²) in [5.74, 6) is -1.12. The Morgan fingerprint density at radius 2 is 2.00 bits per heavy atom. The number of carbonyl (C=O) groups excluding carboxylic acids is 1. The maximum absolute atomic E-state index is 12.7. The third-order valence-corrected chi connectivity index (χ3v) is 2.52. The number of nitrogens with two attached hydrogens (primary N) is 1. The fraction of sp³-hybridized carbons (Fsp3) is 0.222. The van der Waals surface area contributed by atoms with Gasteiger partial charge in [0.05, 0.1) is 18.2 Å². The largest absolute Gasteiger partial charge is 0.465 e. The van der Waals surface area contributed by atoms with E-state index in [1.807, 2.05) is 0 Å². The molecule has 3 nitrogen and oxygen atoms in total. The first kappa shape index (κ1) is 12.8. The quantitative estimate of drug-likeness (QED) is 0.640. The zero-order chi connectivity index (χ0) is 12.5. The number of nitrogen functional groups attached to an aromatic ring is 1. The molecule has 0 aliphatic carbocycles. The van der Waals surface area contributed by atoms with Gasteiger partial charge in [-0.15, -0.1) is 0 Å². The number of esters is 1. The lowest BCUT2D eigenvalue weighted by molar-refractivity contribution is -0.138. The molecule has 1 rings (SSSR count). The van der Waals surface area contributed by atoms with Crippen LogP contribution in [0.5, 0.6) is 0 Å². The molecule has 1 aromatic carbocycles. The first-order chi connectivity index (χ1) is 7.29. The van der Waals surface area contributed by atoms with E-state index in [1.54, 1.807) is 0 Å². The maximum Gasteiger partial charge on any atom is 0.418 e. The molecule has 0 saturated carbocycles. The normalized spacial score (nSPS) is 11.3. The SMILES string of the molecule is COC(=O)c1c(N)ccc(Br)c1C(F)(F)F. The molecule has 0 bridgehead atoms. The maximum atomic E-state index is 12.7. The van der Waals surface area contributed by atoms with Gasteiger partial charge in [0, 0.05) is 10.2 Å². The molecule has 88 valence electrons. The Bertz CT molecular complexity index is 431. The molecule has 0 radical (unpaired) electrons. The van der Waals surface area contributed by atoms with Gasteiger partial charge in [-0.2, -0.15) is 13.2 Å². The molecule has 0 fully saturated rings. The van der Waals surface area contributed by atoms with Gasteiger partial charge in [-0.25, -0.2) is 4.79 Å². The summed E-state index contributed by atoms with van der Waals surface area (Å²) in [4.78, 5) is 11.2. The van der Waals surface area contributed by atoms with Crippen LogP contribution in [-0.2, 0) is 10.9 Å². The highest BCUT2D eigenvalue weighted by Gasteiger charge is 2.39. The Morgan fingerprint density at radius 1 is 1.44 bits per heavy atom. The van der Waals surface area contributed by atoms with Crippen molar-refractivity contribution in [2.45, 2.75) is 6.18 Å². The van der Waals surface area contributed by atoms with E-state index in [0.717, 1.165) is 13.2 Å². The van der Waals surface area contributed by atoms with Crippen molar-refractivity contribution >= 4 is 27.6 Å². The molecule has 1 aromatic rings. The number of rotatable bonds is 1. The van der Waals surface area contributed by atoms with Gasteiger partial charge in [-0.3, -0.25) is 0 Å². The minimum atomic E-state index is -4.68. The van der Waals surface area contributed by atoms with Crippen LogP contribution in [0.2, 0.25) is 0 Å². The minimum Gasteiger partial charge on any atom is -0.465 e. The van der Waals surface area contributed by atoms with E-state index in [1.165, 1.54) is 6.07 Å². The molecule has 0 aliphatic heterocycles. The van der Waals surface area contributed by atoms with Gasteiger partial charge in [0.25, 0.3) is 0 Å². The molecule has 0 atom stereocenters. The van der Waals surface area contributed by atoms with Crippen LogP contribution in [0.1, 0.15) is 15.9 Å². The number of anilines is 1. The fourth-order valence-corrected chi connectivity index (χ4v) is 1.75. The van der Waals surface area contributed by atoms with E-state index in [9.17, 15) is 18.0 Å². The van der Waals surface area contributed by atoms with E-state index in [-0.39, 0.29) is 10.2 Å². The molecule has 0 amide bonds. The van der Waals surface area contributed by atoms with E-state index in [2.05, 4.69) is 20.7 Å². The van der Waals surface area contributed by atoms with Crippen LogP contribution in [-0.4, -0.2) is 13.1 Å². The van der Waals surface area contributed by atoms with E-state index < -0.39 is 23.3 Å². The minimum absolute atomic E-state index is 0.255. The van der Waals surface area contributed by atoms with Gasteiger partial charge in [0.1, 0.15) is 0 Å². The summed E-state index contributed by atoms with van der Waals surface area (Å²) < 4.78 is 42.1. The molecular formula is C9H7BrF3NO2. The van der Waals surface area contributed by atoms with Crippen LogP contribution in [0.3, 0.4) is 0 Å². The van der Waals surface area contributed by atoms with Crippen molar-refractivity contribution in [2.75, 3.05) is 12.8 Å². The van der Waals surface area contributed by atoms with Crippen molar-refractivity contribution in [1.29, 1.82) is 0 Å². The molecule has 2 N–H and O–H groups in total. The van der Waals surface area contributed by atoms with Crippen molar-refractivity contribution in [1.82, 2.24) is 0 Å². The number of methoxy groups -OCH3 is 1. The van der Waals surface area contributed by atoms with Gasteiger partial charge < -0.3 is 10.5 Å². The van der Waals surface area contributed by atoms with E-state index in [0.29, 0.717) is 0 Å². The van der Waals surface area contributed by atoms with Crippen LogP contribution < -0.4 is 5.73 Å². The Hall–Kier alpha value is -1.24. The van der Waals surface area contributed by atoms with Gasteiger partial charge in [-0.05, 0) is 12.1 Å². The monoisotopic (exact) mass is 297 g/mol. The predicted molar refractivity (Wildman–Crippen MR) is 54.9 cm³/mol. The molecular weight excluding hydrogens is 291 g/mol. The average molecular weight is 298 g/mol. The van der Waals surface area contributed by atoms with Crippen molar-refractivity contribution < 1.29 is 22.7 Å². The number of alkyl halides is 3. The van der Waals surface area contributed by atoms with Gasteiger partial charge in [0.15, 0.2) is 0 Å². The molecule has 0 saturated heterocycles. The number of ether oxygens (including phenoxy) is 1. The Morgan fingerprint density at radius 3 is 2.44 bits per heavy atom. The number of hydrogen-bond donors (Lipinski definition) is 1. The summed E-state index contributed by atoms with van der Waals surface area (Å²) >= 11 is 2.73. The van der Waals surface area contributed by atoms with Crippen LogP contribution in [0.15, 0.2) is 16.6 Å². The fourth-order valence-electron chi connectivity index (χ4n) is 1.19. The topological polar surface area (TPSA) is 52.3 Å². The Balaban J connectivity index is 3.56. The van der Waals surface area contributed by atoms with Crippen molar-refractivity contribution in [3.8, 4) is 0 Å². The highest BCUT2D eigenvalue weighted by atomic mass is 79.9. The standard InChI is InChI=1S/C9H7BrF3NO2/c1-16-8(15)6-5(14)3-2-4(10)7(6)9(11,12)13/h2-3H,14H2,1H3. The van der Waals surface area contributed by atoms with Crippen LogP contribution in [0, 0.1) is 0 Å². The second kappa shape index (κ2) is 4.32. The number of carbonyl (C=O) groups is 1. The van der Waals surface area contributed by atoms with Gasteiger partial charge in [-0.1, -0.05) is 15.9 Å². The van der Waals surface area contributed by atoms with Gasteiger partial charge >= 0.3 is 12.1 Å². The molecule has 7 heteroatoms. The molecule has 0 unspecified atom stereocenters. The summed E-state index contributed by atoms with van der Waals surface area (Å²) in [7, 11) is 0.989. The number of hydrogen-bond acceptors (Lipinski definition) is 3. The second-order valence-electron chi connectivity index (χ2n) is 2.88. The number of halogens is 4. The second-order valence-corrected chi connectivity index (χ2v) is 3.73. The summed E-state index contributed by atoms with van der Waals surface area (Å²) in [5, 5.41) is 0. The van der Waals surface area contributed by atoms with Crippen molar-refractivity contribution in [3.63, 3.8) is 0 Å². The molecule has 0 spiro atoms. The first-order valence-corrected chi connectivity index (χ1v) is 4.81.